The largest absolute Gasteiger partial charge is 1.00 e. The normalized spacial score (nSPS) is 9.00. The van der Waals surface area contributed by atoms with E-state index in [4.69, 9.17) is 4.74 Å². The molecule has 0 aliphatic carbocycles. The van der Waals surface area contributed by atoms with E-state index in [1.165, 1.54) is 0 Å². The average Bonchev–Trinajstić information content (AvgIpc) is 1.35. The summed E-state index contributed by atoms with van der Waals surface area (Å²) in [7, 11) is 1.65. The molecule has 0 N–H and O–H groups in total. The quantitative estimate of drug-likeness (QED) is 0.520. The number of methoxy groups -OCH3 is 1. The van der Waals surface area contributed by atoms with Crippen molar-refractivity contribution in [3.63, 3.8) is 0 Å². The van der Waals surface area contributed by atoms with Gasteiger partial charge < -0.3 is 17.1 Å². The van der Waals surface area contributed by atoms with E-state index in [2.05, 4.69) is 6.92 Å². The zero-order valence-electron chi connectivity index (χ0n) is 5.70. The molecule has 0 atom stereocenters. The van der Waals surface area contributed by atoms with Gasteiger partial charge in [0.05, 0.1) is 5.60 Å². The van der Waals surface area contributed by atoms with Gasteiger partial charge in [0.25, 0.3) is 0 Å². The van der Waals surface area contributed by atoms with Crippen molar-refractivity contribution in [2.24, 2.45) is 0 Å². The van der Waals surface area contributed by atoms with Gasteiger partial charge >= 0.3 is 27.7 Å². The van der Waals surface area contributed by atoms with Gasteiger partial charge in [-0.2, -0.15) is 0 Å². The van der Waals surface area contributed by atoms with Gasteiger partial charge in [0.2, 0.25) is 0 Å². The van der Waals surface area contributed by atoms with Crippen LogP contribution < -0.4 is 12.4 Å². The molecule has 0 unspecified atom stereocenters. The monoisotopic (exact) mass is 324 g/mol. The summed E-state index contributed by atoms with van der Waals surface area (Å²) < 4.78 is 4.83. The molecule has 46 valence electrons. The maximum atomic E-state index is 4.83. The smallest absolute Gasteiger partial charge is 1.00 e. The van der Waals surface area contributed by atoms with E-state index in [0.717, 1.165) is 0 Å². The van der Waals surface area contributed by atoms with E-state index in [1.54, 1.807) is 7.11 Å². The van der Waals surface area contributed by atoms with Crippen LogP contribution >= 0.6 is 0 Å². The third-order valence-corrected chi connectivity index (χ3v) is 0.553. The van der Waals surface area contributed by atoms with Crippen LogP contribution in [0.15, 0.2) is 0 Å². The Morgan fingerprint density at radius 2 is 1.50 bits per heavy atom. The van der Waals surface area contributed by atoms with Gasteiger partial charge in [-0.25, -0.2) is 0 Å². The van der Waals surface area contributed by atoms with Crippen LogP contribution in [-0.2, 0) is 32.4 Å². The average molecular weight is 323 g/mol. The Balaban J connectivity index is -0.000000125. The SMILES string of the molecule is [CH2]C(C)(C)OC.[Cl-].[Hg+]. The molecule has 0 bridgehead atoms. The topological polar surface area (TPSA) is 9.23 Å². The summed E-state index contributed by atoms with van der Waals surface area (Å²) in [4.78, 5) is 0. The number of hydrogen-bond acceptors (Lipinski definition) is 1. The molecule has 0 aliphatic heterocycles. The molecule has 0 spiro atoms. The van der Waals surface area contributed by atoms with Crippen molar-refractivity contribution in [3.05, 3.63) is 6.92 Å². The Kier molecular flexibility index (Phi) is 12.7. The molecule has 0 aromatic carbocycles. The molecule has 0 rings (SSSR count). The van der Waals surface area contributed by atoms with Crippen LogP contribution in [0.3, 0.4) is 0 Å². The first-order valence-electron chi connectivity index (χ1n) is 1.97. The minimum Gasteiger partial charge on any atom is -1.00 e. The van der Waals surface area contributed by atoms with Gasteiger partial charge in [0.15, 0.2) is 0 Å². The predicted octanol–water partition coefficient (Wildman–Crippen LogP) is -1.75. The first-order valence-corrected chi connectivity index (χ1v) is 1.97. The van der Waals surface area contributed by atoms with Gasteiger partial charge in [0, 0.05) is 7.11 Å². The maximum absolute atomic E-state index is 4.83. The minimum absolute atomic E-state index is 0. The molecule has 3 heteroatoms. The van der Waals surface area contributed by atoms with Gasteiger partial charge in [-0.15, -0.1) is 0 Å². The zero-order chi connectivity index (χ0) is 5.21. The standard InChI is InChI=1S/C5H11O.ClH.Hg/c1-5(2,3)6-4;;/h1H2,2-4H3;1H;/q;;+1/p-1. The van der Waals surface area contributed by atoms with Crippen molar-refractivity contribution >= 4 is 0 Å². The number of halogens is 1. The molecule has 2 radical (unpaired) electrons. The molecule has 0 fully saturated rings. The fraction of sp³-hybridized carbons (Fsp3) is 0.800. The van der Waals surface area contributed by atoms with Gasteiger partial charge in [-0.1, -0.05) is 0 Å². The summed E-state index contributed by atoms with van der Waals surface area (Å²) in [6, 6.07) is 0. The second-order valence-electron chi connectivity index (χ2n) is 1.96. The van der Waals surface area contributed by atoms with Crippen LogP contribution in [-0.4, -0.2) is 12.7 Å². The summed E-state index contributed by atoms with van der Waals surface area (Å²) in [6.07, 6.45) is 0. The second kappa shape index (κ2) is 6.31. The molecular weight excluding hydrogens is 312 g/mol. The van der Waals surface area contributed by atoms with Gasteiger partial charge in [-0.05, 0) is 20.8 Å². The summed E-state index contributed by atoms with van der Waals surface area (Å²) >= 11 is 0. The molecular formula is C5H11ClHgO. The molecule has 0 saturated carbocycles. The van der Waals surface area contributed by atoms with Crippen LogP contribution in [0, 0.1) is 6.92 Å². The fourth-order valence-electron chi connectivity index (χ4n) is 0. The Hall–Kier alpha value is 1.19. The molecule has 0 aromatic rings. The van der Waals surface area contributed by atoms with Crippen molar-refractivity contribution in [2.45, 2.75) is 19.4 Å². The summed E-state index contributed by atoms with van der Waals surface area (Å²) in [5, 5.41) is 0. The molecule has 0 heterocycles. The van der Waals surface area contributed by atoms with Crippen molar-refractivity contribution in [1.29, 1.82) is 0 Å². The van der Waals surface area contributed by atoms with Crippen LogP contribution in [0.4, 0.5) is 0 Å². The molecule has 8 heavy (non-hydrogen) atoms. The molecule has 0 saturated heterocycles. The van der Waals surface area contributed by atoms with E-state index in [0.29, 0.717) is 0 Å². The van der Waals surface area contributed by atoms with Crippen molar-refractivity contribution < 1.29 is 44.8 Å². The van der Waals surface area contributed by atoms with Crippen LogP contribution in [0.2, 0.25) is 0 Å². The first kappa shape index (κ1) is 16.1. The van der Waals surface area contributed by atoms with E-state index < -0.39 is 0 Å². The Labute approximate surface area is 78.1 Å². The Morgan fingerprint density at radius 3 is 1.50 bits per heavy atom. The molecule has 0 aromatic heterocycles. The molecule has 1 nitrogen and oxygen atoms in total. The summed E-state index contributed by atoms with van der Waals surface area (Å²) in [5.41, 5.74) is -0.208. The Bertz CT molecular complexity index is 42.2. The van der Waals surface area contributed by atoms with Crippen LogP contribution in [0.1, 0.15) is 13.8 Å². The Morgan fingerprint density at radius 1 is 1.38 bits per heavy atom. The molecule has 0 aliphatic rings. The maximum Gasteiger partial charge on any atom is 1.00 e. The number of rotatable bonds is 1. The third-order valence-electron chi connectivity index (χ3n) is 0.553. The number of hydrogen-bond donors (Lipinski definition) is 0. The van der Waals surface area contributed by atoms with Gasteiger partial charge in [0.1, 0.15) is 0 Å². The molecule has 0 amide bonds. The number of ether oxygens (including phenoxy) is 1. The second-order valence-corrected chi connectivity index (χ2v) is 1.96. The first-order chi connectivity index (χ1) is 2.56. The van der Waals surface area contributed by atoms with E-state index in [9.17, 15) is 0 Å². The summed E-state index contributed by atoms with van der Waals surface area (Å²) in [6.45, 7) is 7.49. The van der Waals surface area contributed by atoms with E-state index in [1.807, 2.05) is 13.8 Å². The zero-order valence-corrected chi connectivity index (χ0v) is 12.0. The van der Waals surface area contributed by atoms with E-state index in [-0.39, 0.29) is 45.7 Å². The van der Waals surface area contributed by atoms with Crippen LogP contribution in [0.5, 0.6) is 0 Å². The van der Waals surface area contributed by atoms with E-state index >= 15 is 0 Å². The minimum atomic E-state index is -0.208. The predicted molar refractivity (Wildman–Crippen MR) is 26.4 cm³/mol. The van der Waals surface area contributed by atoms with Crippen molar-refractivity contribution in [2.75, 3.05) is 7.11 Å². The summed E-state index contributed by atoms with van der Waals surface area (Å²) in [5.74, 6) is 0. The van der Waals surface area contributed by atoms with Gasteiger partial charge in [-0.3, -0.25) is 0 Å². The van der Waals surface area contributed by atoms with Crippen molar-refractivity contribution in [3.8, 4) is 0 Å². The fourth-order valence-corrected chi connectivity index (χ4v) is 0. The van der Waals surface area contributed by atoms with Crippen molar-refractivity contribution in [1.82, 2.24) is 0 Å². The van der Waals surface area contributed by atoms with Crippen LogP contribution in [0.25, 0.3) is 0 Å². The third kappa shape index (κ3) is 15.7.